The molecule has 1 amide bonds. The molecule has 20 heavy (non-hydrogen) atoms. The second kappa shape index (κ2) is 7.24. The molecule has 0 heterocycles. The number of likely N-dealkylation sites (N-methyl/N-ethyl adjacent to an activating group) is 1. The lowest BCUT2D eigenvalue weighted by atomic mass is 10.1. The molecule has 5 heteroatoms. The van der Waals surface area contributed by atoms with Gasteiger partial charge in [-0.3, -0.25) is 4.79 Å². The van der Waals surface area contributed by atoms with Crippen molar-refractivity contribution in [3.63, 3.8) is 0 Å². The van der Waals surface area contributed by atoms with Crippen LogP contribution in [0.15, 0.2) is 18.2 Å². The first-order valence-electron chi connectivity index (χ1n) is 6.83. The molecule has 1 aromatic carbocycles. The van der Waals surface area contributed by atoms with Crippen LogP contribution in [-0.4, -0.2) is 35.1 Å². The molecule has 1 N–H and O–H groups in total. The van der Waals surface area contributed by atoms with E-state index in [0.717, 1.165) is 0 Å². The summed E-state index contributed by atoms with van der Waals surface area (Å²) in [7, 11) is 0. The van der Waals surface area contributed by atoms with Gasteiger partial charge in [-0.2, -0.15) is 0 Å². The smallest absolute Gasteiger partial charge is 0.263 e. The fourth-order valence-corrected chi connectivity index (χ4v) is 1.97. The Morgan fingerprint density at radius 1 is 1.35 bits per heavy atom. The summed E-state index contributed by atoms with van der Waals surface area (Å²) in [4.78, 5) is 13.7. The van der Waals surface area contributed by atoms with Crippen LogP contribution in [0.2, 0.25) is 0 Å². The summed E-state index contributed by atoms with van der Waals surface area (Å²) in [6.07, 6.45) is -1.55. The van der Waals surface area contributed by atoms with Gasteiger partial charge in [-0.25, -0.2) is 4.39 Å². The summed E-state index contributed by atoms with van der Waals surface area (Å²) in [5.74, 6) is -0.394. The number of benzene rings is 1. The van der Waals surface area contributed by atoms with Crippen LogP contribution >= 0.6 is 0 Å². The number of hydrogen-bond acceptors (Lipinski definition) is 3. The van der Waals surface area contributed by atoms with Crippen LogP contribution in [0.25, 0.3) is 0 Å². The van der Waals surface area contributed by atoms with E-state index in [9.17, 15) is 14.3 Å². The molecule has 1 unspecified atom stereocenters. The van der Waals surface area contributed by atoms with Gasteiger partial charge < -0.3 is 14.7 Å². The van der Waals surface area contributed by atoms with Crippen LogP contribution in [0.5, 0.6) is 5.75 Å². The van der Waals surface area contributed by atoms with Gasteiger partial charge in [0.25, 0.3) is 5.91 Å². The van der Waals surface area contributed by atoms with Crippen LogP contribution < -0.4 is 4.74 Å². The van der Waals surface area contributed by atoms with Crippen molar-refractivity contribution in [1.82, 2.24) is 4.90 Å². The van der Waals surface area contributed by atoms with E-state index < -0.39 is 18.0 Å². The van der Waals surface area contributed by atoms with Crippen molar-refractivity contribution in [3.05, 3.63) is 29.6 Å². The third kappa shape index (κ3) is 3.93. The summed E-state index contributed by atoms with van der Waals surface area (Å²) in [6.45, 7) is 8.14. The highest BCUT2D eigenvalue weighted by Crippen LogP contribution is 2.22. The molecule has 0 spiro atoms. The molecule has 0 fully saturated rings. The molecular formula is C15H22FNO3. The van der Waals surface area contributed by atoms with Crippen molar-refractivity contribution in [2.75, 3.05) is 13.1 Å². The van der Waals surface area contributed by atoms with Crippen LogP contribution in [0.4, 0.5) is 4.39 Å². The number of carbonyl (C=O) groups excluding carboxylic acids is 1. The van der Waals surface area contributed by atoms with Gasteiger partial charge in [0, 0.05) is 24.7 Å². The van der Waals surface area contributed by atoms with E-state index in [0.29, 0.717) is 13.1 Å². The fraction of sp³-hybridized carbons (Fsp3) is 0.533. The maximum Gasteiger partial charge on any atom is 0.263 e. The summed E-state index contributed by atoms with van der Waals surface area (Å²) in [5, 5.41) is 9.36. The summed E-state index contributed by atoms with van der Waals surface area (Å²) in [5.41, 5.74) is 0.208. The number of amides is 1. The third-order valence-electron chi connectivity index (χ3n) is 3.16. The van der Waals surface area contributed by atoms with Gasteiger partial charge in [0.05, 0.1) is 6.10 Å². The topological polar surface area (TPSA) is 49.8 Å². The van der Waals surface area contributed by atoms with Gasteiger partial charge in [-0.15, -0.1) is 0 Å². The first-order chi connectivity index (χ1) is 9.40. The lowest BCUT2D eigenvalue weighted by Crippen LogP contribution is -2.40. The predicted octanol–water partition coefficient (Wildman–Crippen LogP) is 2.51. The molecule has 0 aliphatic rings. The maximum atomic E-state index is 13.7. The molecule has 0 aliphatic carbocycles. The number of rotatable bonds is 6. The SMILES string of the molecule is CCN(CC)C(=O)C(C)Oc1ccc([C@@H](C)O)c(F)c1. The predicted molar refractivity (Wildman–Crippen MR) is 75.1 cm³/mol. The Morgan fingerprint density at radius 3 is 2.40 bits per heavy atom. The minimum absolute atomic E-state index is 0.130. The Kier molecular flexibility index (Phi) is 5.95. The molecule has 0 aromatic heterocycles. The lowest BCUT2D eigenvalue weighted by molar-refractivity contribution is -0.137. The number of nitrogens with zero attached hydrogens (tertiary/aromatic N) is 1. The third-order valence-corrected chi connectivity index (χ3v) is 3.16. The molecular weight excluding hydrogens is 261 g/mol. The van der Waals surface area contributed by atoms with E-state index in [1.54, 1.807) is 17.9 Å². The Morgan fingerprint density at radius 2 is 1.95 bits per heavy atom. The highest BCUT2D eigenvalue weighted by atomic mass is 19.1. The molecule has 0 radical (unpaired) electrons. The van der Waals surface area contributed by atoms with E-state index in [1.807, 2.05) is 13.8 Å². The average molecular weight is 283 g/mol. The fourth-order valence-electron chi connectivity index (χ4n) is 1.97. The van der Waals surface area contributed by atoms with Crippen LogP contribution in [0, 0.1) is 5.82 Å². The quantitative estimate of drug-likeness (QED) is 0.872. The molecule has 4 nitrogen and oxygen atoms in total. The molecule has 1 aromatic rings. The number of hydrogen-bond donors (Lipinski definition) is 1. The zero-order valence-electron chi connectivity index (χ0n) is 12.4. The number of carbonyl (C=O) groups is 1. The lowest BCUT2D eigenvalue weighted by Gasteiger charge is -2.23. The van der Waals surface area contributed by atoms with E-state index in [4.69, 9.17) is 4.74 Å². The summed E-state index contributed by atoms with van der Waals surface area (Å²) < 4.78 is 19.2. The van der Waals surface area contributed by atoms with E-state index in [1.165, 1.54) is 19.1 Å². The van der Waals surface area contributed by atoms with E-state index >= 15 is 0 Å². The highest BCUT2D eigenvalue weighted by molar-refractivity contribution is 5.80. The van der Waals surface area contributed by atoms with Crippen LogP contribution in [0.3, 0.4) is 0 Å². The van der Waals surface area contributed by atoms with Gasteiger partial charge in [-0.05, 0) is 39.8 Å². The van der Waals surface area contributed by atoms with Crippen molar-refractivity contribution < 1.29 is 19.0 Å². The first-order valence-corrected chi connectivity index (χ1v) is 6.83. The maximum absolute atomic E-state index is 13.7. The number of aliphatic hydroxyl groups is 1. The minimum Gasteiger partial charge on any atom is -0.481 e. The summed E-state index contributed by atoms with van der Waals surface area (Å²) >= 11 is 0. The van der Waals surface area contributed by atoms with Gasteiger partial charge >= 0.3 is 0 Å². The molecule has 0 saturated heterocycles. The van der Waals surface area contributed by atoms with Gasteiger partial charge in [0.15, 0.2) is 6.10 Å². The number of aliphatic hydroxyl groups excluding tert-OH is 1. The average Bonchev–Trinajstić information content (AvgIpc) is 2.39. The van der Waals surface area contributed by atoms with Crippen LogP contribution in [-0.2, 0) is 4.79 Å². The van der Waals surface area contributed by atoms with Gasteiger partial charge in [0.1, 0.15) is 11.6 Å². The minimum atomic E-state index is -0.876. The largest absolute Gasteiger partial charge is 0.481 e. The Bertz CT molecular complexity index is 458. The zero-order valence-corrected chi connectivity index (χ0v) is 12.4. The number of ether oxygens (including phenoxy) is 1. The van der Waals surface area contributed by atoms with Crippen molar-refractivity contribution >= 4 is 5.91 Å². The number of halogens is 1. The molecule has 1 rings (SSSR count). The van der Waals surface area contributed by atoms with E-state index in [2.05, 4.69) is 0 Å². The highest BCUT2D eigenvalue weighted by Gasteiger charge is 2.20. The standard InChI is InChI=1S/C15H22FNO3/c1-5-17(6-2)15(19)11(4)20-12-7-8-13(10(3)18)14(16)9-12/h7-11,18H,5-6H2,1-4H3/t10-,11?/m1/s1. The molecule has 112 valence electrons. The van der Waals surface area contributed by atoms with E-state index in [-0.39, 0.29) is 17.2 Å². The zero-order chi connectivity index (χ0) is 15.3. The Balaban J connectivity index is 2.78. The molecule has 0 bridgehead atoms. The molecule has 2 atom stereocenters. The summed E-state index contributed by atoms with van der Waals surface area (Å²) in [6, 6.07) is 4.20. The molecule has 0 saturated carbocycles. The Labute approximate surface area is 119 Å². The van der Waals surface area contributed by atoms with Crippen molar-refractivity contribution in [2.45, 2.75) is 39.9 Å². The molecule has 0 aliphatic heterocycles. The van der Waals surface area contributed by atoms with Gasteiger partial charge in [-0.1, -0.05) is 0 Å². The monoisotopic (exact) mass is 283 g/mol. The Hall–Kier alpha value is -1.62. The van der Waals surface area contributed by atoms with Gasteiger partial charge in [0.2, 0.25) is 0 Å². The second-order valence-corrected chi connectivity index (χ2v) is 4.63. The van der Waals surface area contributed by atoms with Crippen LogP contribution in [0.1, 0.15) is 39.4 Å². The van der Waals surface area contributed by atoms with Crippen molar-refractivity contribution in [2.24, 2.45) is 0 Å². The van der Waals surface area contributed by atoms with Crippen molar-refractivity contribution in [1.29, 1.82) is 0 Å². The first kappa shape index (κ1) is 16.4. The van der Waals surface area contributed by atoms with Crippen molar-refractivity contribution in [3.8, 4) is 5.75 Å². The second-order valence-electron chi connectivity index (χ2n) is 4.63. The normalized spacial score (nSPS) is 13.7.